The summed E-state index contributed by atoms with van der Waals surface area (Å²) >= 11 is 0. The van der Waals surface area contributed by atoms with Gasteiger partial charge in [-0.05, 0) is 36.8 Å². The minimum Gasteiger partial charge on any atom is -0.479 e. The summed E-state index contributed by atoms with van der Waals surface area (Å²) in [6, 6.07) is 9.00. The zero-order valence-corrected chi connectivity index (χ0v) is 10.9. The van der Waals surface area contributed by atoms with Crippen LogP contribution in [0.15, 0.2) is 42.9 Å². The summed E-state index contributed by atoms with van der Waals surface area (Å²) < 4.78 is 5.31. The van der Waals surface area contributed by atoms with Gasteiger partial charge in [0.15, 0.2) is 6.10 Å². The summed E-state index contributed by atoms with van der Waals surface area (Å²) in [6.45, 7) is 1.49. The summed E-state index contributed by atoms with van der Waals surface area (Å²) in [7, 11) is 0. The van der Waals surface area contributed by atoms with Crippen molar-refractivity contribution in [3.8, 4) is 5.75 Å². The quantitative estimate of drug-likeness (QED) is 0.903. The van der Waals surface area contributed by atoms with E-state index < -0.39 is 12.1 Å². The Morgan fingerprint density at radius 3 is 2.90 bits per heavy atom. The molecule has 0 amide bonds. The van der Waals surface area contributed by atoms with Crippen molar-refractivity contribution >= 4 is 18.1 Å². The van der Waals surface area contributed by atoms with Crippen LogP contribution in [-0.4, -0.2) is 27.1 Å². The Hall–Kier alpha value is -2.69. The lowest BCUT2D eigenvalue weighted by atomic mass is 10.2. The van der Waals surface area contributed by atoms with E-state index in [0.29, 0.717) is 5.75 Å². The van der Waals surface area contributed by atoms with Crippen molar-refractivity contribution in [1.29, 1.82) is 0 Å². The maximum atomic E-state index is 10.7. The molecule has 2 rings (SSSR count). The number of aromatic nitrogens is 2. The molecule has 1 aromatic carbocycles. The van der Waals surface area contributed by atoms with Crippen molar-refractivity contribution in [1.82, 2.24) is 9.97 Å². The maximum Gasteiger partial charge on any atom is 0.344 e. The normalized spacial score (nSPS) is 12.2. The molecule has 20 heavy (non-hydrogen) atoms. The number of aliphatic carboxylic acids is 1. The van der Waals surface area contributed by atoms with Gasteiger partial charge in [-0.15, -0.1) is 0 Å². The Morgan fingerprint density at radius 1 is 1.35 bits per heavy atom. The third-order valence-electron chi connectivity index (χ3n) is 2.57. The monoisotopic (exact) mass is 270 g/mol. The van der Waals surface area contributed by atoms with Crippen molar-refractivity contribution in [2.24, 2.45) is 0 Å². The fourth-order valence-corrected chi connectivity index (χ4v) is 1.53. The van der Waals surface area contributed by atoms with E-state index in [2.05, 4.69) is 9.97 Å². The molecule has 1 unspecified atom stereocenters. The van der Waals surface area contributed by atoms with Crippen LogP contribution in [0.1, 0.15) is 18.2 Å². The number of carboxylic acid groups (broad SMARTS) is 1. The Bertz CT molecular complexity index is 612. The second-order valence-corrected chi connectivity index (χ2v) is 4.14. The van der Waals surface area contributed by atoms with E-state index in [1.165, 1.54) is 13.3 Å². The summed E-state index contributed by atoms with van der Waals surface area (Å²) in [4.78, 5) is 18.7. The number of carboxylic acids is 1. The molecular formula is C15H14N2O3. The largest absolute Gasteiger partial charge is 0.479 e. The summed E-state index contributed by atoms with van der Waals surface area (Å²) in [5.41, 5.74) is 1.70. The lowest BCUT2D eigenvalue weighted by Crippen LogP contribution is -2.22. The van der Waals surface area contributed by atoms with Gasteiger partial charge in [-0.25, -0.2) is 14.8 Å². The van der Waals surface area contributed by atoms with Gasteiger partial charge in [-0.1, -0.05) is 18.2 Å². The zero-order chi connectivity index (χ0) is 14.4. The van der Waals surface area contributed by atoms with E-state index in [4.69, 9.17) is 9.84 Å². The van der Waals surface area contributed by atoms with Gasteiger partial charge < -0.3 is 9.84 Å². The molecule has 102 valence electrons. The molecule has 5 heteroatoms. The number of hydrogen-bond donors (Lipinski definition) is 1. The van der Waals surface area contributed by atoms with Gasteiger partial charge in [-0.2, -0.15) is 0 Å². The SMILES string of the molecule is CC(Oc1cccc(C=Cc2ccncn2)c1)C(=O)O. The highest BCUT2D eigenvalue weighted by Gasteiger charge is 2.11. The van der Waals surface area contributed by atoms with Crippen LogP contribution in [0.25, 0.3) is 12.2 Å². The molecule has 0 spiro atoms. The molecule has 1 heterocycles. The molecule has 0 saturated carbocycles. The van der Waals surface area contributed by atoms with E-state index in [1.54, 1.807) is 24.4 Å². The molecular weight excluding hydrogens is 256 g/mol. The first-order chi connectivity index (χ1) is 9.65. The predicted molar refractivity (Wildman–Crippen MR) is 75.1 cm³/mol. The molecule has 0 aliphatic heterocycles. The van der Waals surface area contributed by atoms with Crippen LogP contribution < -0.4 is 4.74 Å². The van der Waals surface area contributed by atoms with Crippen molar-refractivity contribution in [2.45, 2.75) is 13.0 Å². The maximum absolute atomic E-state index is 10.7. The van der Waals surface area contributed by atoms with Gasteiger partial charge in [0.25, 0.3) is 0 Å². The molecule has 0 fully saturated rings. The van der Waals surface area contributed by atoms with Crippen LogP contribution in [0.2, 0.25) is 0 Å². The fourth-order valence-electron chi connectivity index (χ4n) is 1.53. The molecule has 0 saturated heterocycles. The standard InChI is InChI=1S/C15H14N2O3/c1-11(15(18)19)20-14-4-2-3-12(9-14)5-6-13-7-8-16-10-17-13/h2-11H,1H3,(H,18,19). The van der Waals surface area contributed by atoms with E-state index in [0.717, 1.165) is 11.3 Å². The van der Waals surface area contributed by atoms with Crippen LogP contribution in [0.4, 0.5) is 0 Å². The lowest BCUT2D eigenvalue weighted by Gasteiger charge is -2.10. The average molecular weight is 270 g/mol. The van der Waals surface area contributed by atoms with E-state index in [9.17, 15) is 4.79 Å². The second-order valence-electron chi connectivity index (χ2n) is 4.14. The van der Waals surface area contributed by atoms with Crippen LogP contribution in [0, 0.1) is 0 Å². The topological polar surface area (TPSA) is 72.3 Å². The molecule has 5 nitrogen and oxygen atoms in total. The van der Waals surface area contributed by atoms with Crippen molar-refractivity contribution in [2.75, 3.05) is 0 Å². The highest BCUT2D eigenvalue weighted by atomic mass is 16.5. The fraction of sp³-hybridized carbons (Fsp3) is 0.133. The first-order valence-electron chi connectivity index (χ1n) is 6.09. The van der Waals surface area contributed by atoms with E-state index >= 15 is 0 Å². The molecule has 1 N–H and O–H groups in total. The molecule has 1 atom stereocenters. The third kappa shape index (κ3) is 3.91. The van der Waals surface area contributed by atoms with Gasteiger partial charge >= 0.3 is 5.97 Å². The zero-order valence-electron chi connectivity index (χ0n) is 10.9. The number of hydrogen-bond acceptors (Lipinski definition) is 4. The van der Waals surface area contributed by atoms with Gasteiger partial charge in [0, 0.05) is 6.20 Å². The summed E-state index contributed by atoms with van der Waals surface area (Å²) in [5, 5.41) is 8.81. The number of rotatable bonds is 5. The highest BCUT2D eigenvalue weighted by molar-refractivity contribution is 5.72. The van der Waals surface area contributed by atoms with Gasteiger partial charge in [0.2, 0.25) is 0 Å². The Labute approximate surface area is 116 Å². The number of benzene rings is 1. The molecule has 0 bridgehead atoms. The Balaban J connectivity index is 2.10. The second kappa shape index (κ2) is 6.47. The number of nitrogens with zero attached hydrogens (tertiary/aromatic N) is 2. The minimum atomic E-state index is -0.994. The first-order valence-corrected chi connectivity index (χ1v) is 6.09. The lowest BCUT2D eigenvalue weighted by molar-refractivity contribution is -0.144. The average Bonchev–Trinajstić information content (AvgIpc) is 2.46. The van der Waals surface area contributed by atoms with Crippen LogP contribution >= 0.6 is 0 Å². The van der Waals surface area contributed by atoms with E-state index in [-0.39, 0.29) is 0 Å². The van der Waals surface area contributed by atoms with Gasteiger partial charge in [-0.3, -0.25) is 0 Å². The molecule has 1 aromatic heterocycles. The third-order valence-corrected chi connectivity index (χ3v) is 2.57. The van der Waals surface area contributed by atoms with Crippen molar-refractivity contribution in [3.63, 3.8) is 0 Å². The van der Waals surface area contributed by atoms with Crippen molar-refractivity contribution < 1.29 is 14.6 Å². The van der Waals surface area contributed by atoms with Crippen LogP contribution in [0.5, 0.6) is 5.75 Å². The van der Waals surface area contributed by atoms with Gasteiger partial charge in [0.1, 0.15) is 12.1 Å². The Kier molecular flexibility index (Phi) is 4.44. The number of ether oxygens (including phenoxy) is 1. The van der Waals surface area contributed by atoms with E-state index in [1.807, 2.05) is 24.3 Å². The van der Waals surface area contributed by atoms with Crippen LogP contribution in [-0.2, 0) is 4.79 Å². The summed E-state index contributed by atoms with van der Waals surface area (Å²) in [6.07, 6.45) is 5.99. The van der Waals surface area contributed by atoms with Crippen molar-refractivity contribution in [3.05, 3.63) is 54.1 Å². The molecule has 0 radical (unpaired) electrons. The molecule has 0 aliphatic rings. The Morgan fingerprint density at radius 2 is 2.20 bits per heavy atom. The van der Waals surface area contributed by atoms with Gasteiger partial charge in [0.05, 0.1) is 5.69 Å². The molecule has 0 aliphatic carbocycles. The predicted octanol–water partition coefficient (Wildman–Crippen LogP) is 2.50. The number of carbonyl (C=O) groups is 1. The highest BCUT2D eigenvalue weighted by Crippen LogP contribution is 2.16. The van der Waals surface area contributed by atoms with Crippen LogP contribution in [0.3, 0.4) is 0 Å². The summed E-state index contributed by atoms with van der Waals surface area (Å²) in [5.74, 6) is -0.475. The first kappa shape index (κ1) is 13.7. The molecule has 2 aromatic rings. The smallest absolute Gasteiger partial charge is 0.344 e. The minimum absolute atomic E-state index is 0.518.